The second-order valence-electron chi connectivity index (χ2n) is 6.45. The van der Waals surface area contributed by atoms with Crippen molar-refractivity contribution in [3.8, 4) is 0 Å². The molecule has 0 aromatic carbocycles. The minimum absolute atomic E-state index is 0.0771. The van der Waals surface area contributed by atoms with Crippen molar-refractivity contribution < 1.29 is 4.74 Å². The third kappa shape index (κ3) is 2.41. The van der Waals surface area contributed by atoms with Crippen molar-refractivity contribution in [1.29, 1.82) is 0 Å². The number of rotatable bonds is 2. The quantitative estimate of drug-likeness (QED) is 0.820. The van der Waals surface area contributed by atoms with Gasteiger partial charge in [-0.05, 0) is 12.5 Å². The highest BCUT2D eigenvalue weighted by Crippen LogP contribution is 2.40. The van der Waals surface area contributed by atoms with Crippen molar-refractivity contribution in [3.63, 3.8) is 0 Å². The molecule has 4 heterocycles. The van der Waals surface area contributed by atoms with Crippen molar-refractivity contribution in [2.75, 3.05) is 43.6 Å². The third-order valence-corrected chi connectivity index (χ3v) is 4.63. The van der Waals surface area contributed by atoms with Gasteiger partial charge in [0.2, 0.25) is 5.95 Å². The first-order valence-electron chi connectivity index (χ1n) is 7.80. The van der Waals surface area contributed by atoms with E-state index in [2.05, 4.69) is 19.9 Å². The first-order chi connectivity index (χ1) is 11.2. The van der Waals surface area contributed by atoms with Crippen LogP contribution >= 0.6 is 0 Å². The molecule has 0 bridgehead atoms. The Balaban J connectivity index is 1.70. The number of ether oxygens (including phenoxy) is 1. The summed E-state index contributed by atoms with van der Waals surface area (Å²) in [7, 11) is 3.94. The molecule has 1 unspecified atom stereocenters. The fourth-order valence-corrected chi connectivity index (χ4v) is 3.45. The zero-order chi connectivity index (χ0) is 15.9. The van der Waals surface area contributed by atoms with Crippen LogP contribution < -0.4 is 9.80 Å². The van der Waals surface area contributed by atoms with Crippen LogP contribution in [0.15, 0.2) is 24.8 Å². The van der Waals surface area contributed by atoms with E-state index in [1.165, 1.54) is 0 Å². The summed E-state index contributed by atoms with van der Waals surface area (Å²) in [6.07, 6.45) is 6.29. The number of hydrogen-bond acceptors (Lipinski definition) is 7. The number of nitrogens with zero attached hydrogens (tertiary/aromatic N) is 6. The molecular weight excluding hydrogens is 292 g/mol. The summed E-state index contributed by atoms with van der Waals surface area (Å²) < 4.78 is 5.87. The Morgan fingerprint density at radius 1 is 1.30 bits per heavy atom. The van der Waals surface area contributed by atoms with Crippen LogP contribution in [0.4, 0.5) is 11.8 Å². The summed E-state index contributed by atoms with van der Waals surface area (Å²) >= 11 is 0. The first kappa shape index (κ1) is 14.3. The number of aromatic nitrogens is 4. The SMILES string of the molecule is CN(C)c1ncc2c(n1)C1(CCN(c3ccncn3)C1)COC2. The van der Waals surface area contributed by atoms with Gasteiger partial charge in [-0.1, -0.05) is 0 Å². The van der Waals surface area contributed by atoms with Gasteiger partial charge in [0.05, 0.1) is 24.3 Å². The smallest absolute Gasteiger partial charge is 0.225 e. The van der Waals surface area contributed by atoms with E-state index in [1.54, 1.807) is 12.5 Å². The molecule has 0 amide bonds. The zero-order valence-electron chi connectivity index (χ0n) is 13.4. The minimum Gasteiger partial charge on any atom is -0.376 e. The Kier molecular flexibility index (Phi) is 3.37. The molecule has 2 aromatic rings. The van der Waals surface area contributed by atoms with Crippen LogP contribution in [-0.4, -0.2) is 53.7 Å². The topological polar surface area (TPSA) is 67.3 Å². The van der Waals surface area contributed by atoms with Gasteiger partial charge in [-0.2, -0.15) is 0 Å². The average Bonchev–Trinajstić information content (AvgIpc) is 3.00. The molecule has 2 aliphatic rings. The van der Waals surface area contributed by atoms with Crippen LogP contribution in [0.3, 0.4) is 0 Å². The average molecular weight is 312 g/mol. The summed E-state index contributed by atoms with van der Waals surface area (Å²) in [6, 6.07) is 1.95. The molecule has 1 fully saturated rings. The molecule has 1 atom stereocenters. The van der Waals surface area contributed by atoms with Gasteiger partial charge < -0.3 is 14.5 Å². The molecule has 0 saturated carbocycles. The van der Waals surface area contributed by atoms with E-state index in [9.17, 15) is 0 Å². The van der Waals surface area contributed by atoms with Crippen molar-refractivity contribution >= 4 is 11.8 Å². The molecule has 23 heavy (non-hydrogen) atoms. The highest BCUT2D eigenvalue weighted by atomic mass is 16.5. The largest absolute Gasteiger partial charge is 0.376 e. The molecule has 1 saturated heterocycles. The van der Waals surface area contributed by atoms with Crippen LogP contribution in [0, 0.1) is 0 Å². The van der Waals surface area contributed by atoms with E-state index in [4.69, 9.17) is 9.72 Å². The molecule has 7 heteroatoms. The monoisotopic (exact) mass is 312 g/mol. The van der Waals surface area contributed by atoms with Gasteiger partial charge in [0.25, 0.3) is 0 Å². The summed E-state index contributed by atoms with van der Waals surface area (Å²) in [6.45, 7) is 3.10. The summed E-state index contributed by atoms with van der Waals surface area (Å²) in [5.41, 5.74) is 2.16. The third-order valence-electron chi connectivity index (χ3n) is 4.63. The second kappa shape index (κ2) is 5.42. The Labute approximate surface area is 135 Å². The lowest BCUT2D eigenvalue weighted by Crippen LogP contribution is -2.41. The highest BCUT2D eigenvalue weighted by molar-refractivity contribution is 5.45. The van der Waals surface area contributed by atoms with E-state index in [0.717, 1.165) is 42.5 Å². The van der Waals surface area contributed by atoms with Gasteiger partial charge >= 0.3 is 0 Å². The van der Waals surface area contributed by atoms with Crippen LogP contribution in [0.25, 0.3) is 0 Å². The van der Waals surface area contributed by atoms with E-state index in [0.29, 0.717) is 13.2 Å². The van der Waals surface area contributed by atoms with E-state index in [1.807, 2.05) is 31.3 Å². The molecule has 1 spiro atoms. The zero-order valence-corrected chi connectivity index (χ0v) is 13.4. The fourth-order valence-electron chi connectivity index (χ4n) is 3.45. The van der Waals surface area contributed by atoms with Gasteiger partial charge in [-0.25, -0.2) is 19.9 Å². The van der Waals surface area contributed by atoms with Crippen LogP contribution in [0.1, 0.15) is 17.7 Å². The molecule has 0 radical (unpaired) electrons. The molecule has 0 aliphatic carbocycles. The van der Waals surface area contributed by atoms with Crippen LogP contribution in [-0.2, 0) is 16.8 Å². The summed E-state index contributed by atoms with van der Waals surface area (Å²) in [5, 5.41) is 0. The van der Waals surface area contributed by atoms with Gasteiger partial charge in [0.15, 0.2) is 0 Å². The predicted octanol–water partition coefficient (Wildman–Crippen LogP) is 1.01. The Morgan fingerprint density at radius 3 is 3.00 bits per heavy atom. The van der Waals surface area contributed by atoms with Gasteiger partial charge in [0, 0.05) is 45.1 Å². The van der Waals surface area contributed by atoms with Crippen molar-refractivity contribution in [1.82, 2.24) is 19.9 Å². The lowest BCUT2D eigenvalue weighted by Gasteiger charge is -2.34. The van der Waals surface area contributed by atoms with Gasteiger partial charge in [-0.3, -0.25) is 0 Å². The van der Waals surface area contributed by atoms with E-state index < -0.39 is 0 Å². The molecular formula is C16H20N6O. The Morgan fingerprint density at radius 2 is 2.22 bits per heavy atom. The Hall–Kier alpha value is -2.28. The van der Waals surface area contributed by atoms with E-state index >= 15 is 0 Å². The fraction of sp³-hybridized carbons (Fsp3) is 0.500. The maximum Gasteiger partial charge on any atom is 0.225 e. The van der Waals surface area contributed by atoms with Crippen molar-refractivity contribution in [2.45, 2.75) is 18.4 Å². The van der Waals surface area contributed by atoms with Gasteiger partial charge in [0.1, 0.15) is 12.1 Å². The predicted molar refractivity (Wildman–Crippen MR) is 86.6 cm³/mol. The number of hydrogen-bond donors (Lipinski definition) is 0. The van der Waals surface area contributed by atoms with Crippen LogP contribution in [0.5, 0.6) is 0 Å². The molecule has 2 aliphatic heterocycles. The molecule has 7 nitrogen and oxygen atoms in total. The molecule has 4 rings (SSSR count). The maximum atomic E-state index is 5.87. The summed E-state index contributed by atoms with van der Waals surface area (Å²) in [5.74, 6) is 1.72. The number of anilines is 2. The van der Waals surface area contributed by atoms with Crippen molar-refractivity contribution in [3.05, 3.63) is 36.0 Å². The number of fused-ring (bicyclic) bond motifs is 2. The summed E-state index contributed by atoms with van der Waals surface area (Å²) in [4.78, 5) is 21.9. The Bertz CT molecular complexity index is 707. The molecule has 2 aromatic heterocycles. The van der Waals surface area contributed by atoms with Gasteiger partial charge in [-0.15, -0.1) is 0 Å². The maximum absolute atomic E-state index is 5.87. The van der Waals surface area contributed by atoms with Crippen molar-refractivity contribution in [2.24, 2.45) is 0 Å². The second-order valence-corrected chi connectivity index (χ2v) is 6.45. The van der Waals surface area contributed by atoms with E-state index in [-0.39, 0.29) is 5.41 Å². The van der Waals surface area contributed by atoms with Crippen LogP contribution in [0.2, 0.25) is 0 Å². The normalized spacial score (nSPS) is 23.1. The standard InChI is InChI=1S/C16H20N6O/c1-21(2)15-18-7-12-8-23-10-16(14(12)20-15)4-6-22(9-16)13-3-5-17-11-19-13/h3,5,7,11H,4,6,8-10H2,1-2H3. The highest BCUT2D eigenvalue weighted by Gasteiger charge is 2.45. The minimum atomic E-state index is -0.0771. The molecule has 120 valence electrons. The lowest BCUT2D eigenvalue weighted by atomic mass is 9.80. The lowest BCUT2D eigenvalue weighted by molar-refractivity contribution is 0.0557. The first-order valence-corrected chi connectivity index (χ1v) is 7.80. The molecule has 0 N–H and O–H groups in total.